The molecule has 0 fully saturated rings. The zero-order valence-electron chi connectivity index (χ0n) is 21.6. The van der Waals surface area contributed by atoms with E-state index in [0.717, 1.165) is 12.3 Å². The third-order valence-corrected chi connectivity index (χ3v) is 19.7. The van der Waals surface area contributed by atoms with Crippen molar-refractivity contribution < 1.29 is 0 Å². The normalized spacial score (nSPS) is 29.0. The van der Waals surface area contributed by atoms with Gasteiger partial charge in [-0.25, -0.2) is 0 Å². The van der Waals surface area contributed by atoms with E-state index in [2.05, 4.69) is 74.7 Å². The van der Waals surface area contributed by atoms with E-state index in [1.54, 1.807) is 16.1 Å². The van der Waals surface area contributed by atoms with Crippen LogP contribution in [0.1, 0.15) is 56.6 Å². The molecule has 8 heteroatoms. The number of rotatable bonds is 2. The molecule has 8 rings (SSSR count). The molecule has 0 spiro atoms. The summed E-state index contributed by atoms with van der Waals surface area (Å²) < 4.78 is 8.89. The van der Waals surface area contributed by atoms with Crippen molar-refractivity contribution in [2.24, 2.45) is 11.8 Å². The maximum Gasteiger partial charge on any atom is 0.0718 e. The van der Waals surface area contributed by atoms with Crippen LogP contribution in [0.15, 0.2) is 99.2 Å². The fraction of sp³-hybridized carbons (Fsp3) is 0.290. The molecule has 4 heterocycles. The van der Waals surface area contributed by atoms with Gasteiger partial charge < -0.3 is 0 Å². The first-order chi connectivity index (χ1) is 19.0. The second-order valence-electron chi connectivity index (χ2n) is 10.7. The summed E-state index contributed by atoms with van der Waals surface area (Å²) in [6.07, 6.45) is 16.7. The molecule has 0 saturated carbocycles. The summed E-state index contributed by atoms with van der Waals surface area (Å²) in [5.74, 6) is 1.73. The molecule has 0 aromatic heterocycles. The fourth-order valence-corrected chi connectivity index (χ4v) is 18.0. The summed E-state index contributed by atoms with van der Waals surface area (Å²) in [5, 5.41) is 0. The number of allylic oxidation sites excluding steroid dienone is 7. The highest BCUT2D eigenvalue weighted by Crippen LogP contribution is 2.71. The molecule has 198 valence electrons. The Labute approximate surface area is 265 Å². The average molecular weight is 655 g/mol. The molecule has 0 radical (unpaired) electrons. The number of hydrogen-bond donors (Lipinski definition) is 0. The Morgan fingerprint density at radius 1 is 0.795 bits per heavy atom. The van der Waals surface area contributed by atoms with Crippen LogP contribution in [0.25, 0.3) is 6.08 Å². The van der Waals surface area contributed by atoms with Crippen LogP contribution in [0.4, 0.5) is 0 Å². The predicted octanol–water partition coefficient (Wildman–Crippen LogP) is 12.9. The van der Waals surface area contributed by atoms with Crippen molar-refractivity contribution in [2.75, 3.05) is 0 Å². The van der Waals surface area contributed by atoms with Crippen molar-refractivity contribution in [3.05, 3.63) is 101 Å². The maximum atomic E-state index is 4.19. The highest BCUT2D eigenvalue weighted by atomic mass is 32.3. The molecule has 0 N–H and O–H groups in total. The molecule has 2 atom stereocenters. The van der Waals surface area contributed by atoms with Gasteiger partial charge in [0.25, 0.3) is 0 Å². The minimum atomic E-state index is 0.422. The van der Waals surface area contributed by atoms with E-state index in [1.165, 1.54) is 70.5 Å². The predicted molar refractivity (Wildman–Crippen MR) is 187 cm³/mol. The van der Waals surface area contributed by atoms with Crippen LogP contribution in [0.5, 0.6) is 0 Å². The number of hydrogen-bond acceptors (Lipinski definition) is 8. The molecular formula is C31H26S8. The lowest BCUT2D eigenvalue weighted by atomic mass is 9.80. The first kappa shape index (κ1) is 26.6. The standard InChI is InChI=1S/C31H26S8/c1-4-16-9-19(15(2)3)10-20-13-24-25(14-21(16)20)35-29-28(34-24)38-31(39-29)30-36-26-27(37-30)33-23-12-18-8-6-5-7-17(18)11-22(23)32-26/h4-5,7,10-11,13-16,18H,1,6,8-9,12H2,2-3H3/b31-30-. The van der Waals surface area contributed by atoms with E-state index in [0.29, 0.717) is 11.8 Å². The fourth-order valence-electron chi connectivity index (χ4n) is 5.75. The van der Waals surface area contributed by atoms with Crippen LogP contribution in [0, 0.1) is 11.8 Å². The van der Waals surface area contributed by atoms with Crippen LogP contribution in [0.3, 0.4) is 0 Å². The quantitative estimate of drug-likeness (QED) is 0.285. The lowest BCUT2D eigenvalue weighted by molar-refractivity contribution is 0.561. The van der Waals surface area contributed by atoms with Crippen molar-refractivity contribution in [3.8, 4) is 0 Å². The second kappa shape index (κ2) is 10.6. The highest BCUT2D eigenvalue weighted by molar-refractivity contribution is 8.46. The molecule has 0 amide bonds. The van der Waals surface area contributed by atoms with Crippen LogP contribution in [-0.4, -0.2) is 0 Å². The van der Waals surface area contributed by atoms with Crippen LogP contribution < -0.4 is 0 Å². The summed E-state index contributed by atoms with van der Waals surface area (Å²) in [7, 11) is 0. The number of thioether (sulfide) groups is 8. The summed E-state index contributed by atoms with van der Waals surface area (Å²) in [4.78, 5) is 5.93. The number of fused-ring (bicyclic) bond motifs is 3. The lowest BCUT2D eigenvalue weighted by Crippen LogP contribution is -2.12. The van der Waals surface area contributed by atoms with Crippen molar-refractivity contribution in [1.29, 1.82) is 0 Å². The van der Waals surface area contributed by atoms with Gasteiger partial charge in [0.05, 0.1) is 25.4 Å². The van der Waals surface area contributed by atoms with Crippen LogP contribution in [-0.2, 0) is 0 Å². The Morgan fingerprint density at radius 3 is 2.18 bits per heavy atom. The van der Waals surface area contributed by atoms with Crippen molar-refractivity contribution in [3.63, 3.8) is 0 Å². The molecule has 1 aromatic rings. The average Bonchev–Trinajstić information content (AvgIpc) is 3.55. The topological polar surface area (TPSA) is 0 Å². The summed E-state index contributed by atoms with van der Waals surface area (Å²) >= 11 is 16.1. The zero-order valence-corrected chi connectivity index (χ0v) is 28.1. The molecule has 0 saturated heterocycles. The first-order valence-corrected chi connectivity index (χ1v) is 19.8. The van der Waals surface area contributed by atoms with Gasteiger partial charge in [-0.2, -0.15) is 0 Å². The number of benzene rings is 1. The van der Waals surface area contributed by atoms with Gasteiger partial charge in [-0.1, -0.05) is 138 Å². The van der Waals surface area contributed by atoms with Gasteiger partial charge in [0.1, 0.15) is 0 Å². The van der Waals surface area contributed by atoms with Gasteiger partial charge in [0, 0.05) is 25.5 Å². The smallest absolute Gasteiger partial charge is 0.0718 e. The Bertz CT molecular complexity index is 1560. The molecule has 7 aliphatic rings. The van der Waals surface area contributed by atoms with Gasteiger partial charge in [-0.05, 0) is 72.4 Å². The van der Waals surface area contributed by atoms with Gasteiger partial charge in [0.15, 0.2) is 0 Å². The maximum absolute atomic E-state index is 4.19. The Kier molecular flexibility index (Phi) is 7.21. The van der Waals surface area contributed by atoms with E-state index >= 15 is 0 Å². The molecule has 3 aliphatic carbocycles. The summed E-state index contributed by atoms with van der Waals surface area (Å²) in [6.45, 7) is 8.81. The molecule has 39 heavy (non-hydrogen) atoms. The van der Waals surface area contributed by atoms with Crippen LogP contribution >= 0.6 is 94.1 Å². The summed E-state index contributed by atoms with van der Waals surface area (Å²) in [5.41, 5.74) is 5.95. The molecule has 0 bridgehead atoms. The lowest BCUT2D eigenvalue weighted by Gasteiger charge is -2.30. The van der Waals surface area contributed by atoms with E-state index in [1.807, 2.05) is 82.3 Å². The monoisotopic (exact) mass is 654 g/mol. The molecule has 1 aromatic carbocycles. The van der Waals surface area contributed by atoms with Crippen molar-refractivity contribution in [1.82, 2.24) is 0 Å². The van der Waals surface area contributed by atoms with Gasteiger partial charge in [-0.15, -0.1) is 6.58 Å². The van der Waals surface area contributed by atoms with Crippen LogP contribution in [0.2, 0.25) is 0 Å². The van der Waals surface area contributed by atoms with Gasteiger partial charge in [0.2, 0.25) is 0 Å². The SMILES string of the molecule is C=CC1CC(C(C)C)=Cc2cc3c(cc21)SC1=C(S/C(=C2\SC4=C(SC5=C(C=C6C=CCCC6C5)S4)S2)S1)S3. The van der Waals surface area contributed by atoms with E-state index in [9.17, 15) is 0 Å². The van der Waals surface area contributed by atoms with E-state index in [4.69, 9.17) is 0 Å². The highest BCUT2D eigenvalue weighted by Gasteiger charge is 2.37. The minimum absolute atomic E-state index is 0.422. The minimum Gasteiger partial charge on any atom is -0.102 e. The second-order valence-corrected chi connectivity index (χ2v) is 20.6. The first-order valence-electron chi connectivity index (χ1n) is 13.3. The van der Waals surface area contributed by atoms with Crippen molar-refractivity contribution >= 4 is 100 Å². The Balaban J connectivity index is 1.01. The third-order valence-electron chi connectivity index (χ3n) is 7.90. The van der Waals surface area contributed by atoms with Gasteiger partial charge >= 0.3 is 0 Å². The molecule has 4 aliphatic heterocycles. The zero-order chi connectivity index (χ0) is 26.2. The van der Waals surface area contributed by atoms with Gasteiger partial charge in [-0.3, -0.25) is 0 Å². The molecular weight excluding hydrogens is 629 g/mol. The van der Waals surface area contributed by atoms with E-state index < -0.39 is 0 Å². The Morgan fingerprint density at radius 2 is 1.46 bits per heavy atom. The summed E-state index contributed by atoms with van der Waals surface area (Å²) in [6, 6.07) is 4.91. The van der Waals surface area contributed by atoms with E-state index in [-0.39, 0.29) is 0 Å². The van der Waals surface area contributed by atoms with Crippen molar-refractivity contribution in [2.45, 2.75) is 55.2 Å². The largest absolute Gasteiger partial charge is 0.102 e. The molecule has 0 nitrogen and oxygen atoms in total. The Hall–Kier alpha value is -0.0600. The molecule has 2 unspecified atom stereocenters. The third kappa shape index (κ3) is 4.81.